The van der Waals surface area contributed by atoms with E-state index in [2.05, 4.69) is 6.92 Å². The molecule has 0 saturated carbocycles. The molecule has 180 valence electrons. The van der Waals surface area contributed by atoms with Crippen LogP contribution in [0.5, 0.6) is 5.75 Å². The number of rotatable bonds is 7. The SMILES string of the molecule is CCCCN1C(=O)CC(C(=O)N2CCN(C(=O)c3ccccc3)CC2)C1c1ccc(OC)cc1. The first kappa shape index (κ1) is 23.8. The highest BCUT2D eigenvalue weighted by molar-refractivity contribution is 5.94. The van der Waals surface area contributed by atoms with Gasteiger partial charge in [-0.25, -0.2) is 0 Å². The second-order valence-corrected chi connectivity index (χ2v) is 8.95. The van der Waals surface area contributed by atoms with Gasteiger partial charge in [0, 0.05) is 44.7 Å². The van der Waals surface area contributed by atoms with E-state index in [4.69, 9.17) is 4.74 Å². The van der Waals surface area contributed by atoms with Gasteiger partial charge in [-0.1, -0.05) is 43.7 Å². The number of nitrogens with zero attached hydrogens (tertiary/aromatic N) is 3. The summed E-state index contributed by atoms with van der Waals surface area (Å²) in [5.41, 5.74) is 1.62. The molecule has 4 rings (SSSR count). The molecule has 7 heteroatoms. The molecule has 0 aliphatic carbocycles. The number of carbonyl (C=O) groups excluding carboxylic acids is 3. The van der Waals surface area contributed by atoms with Crippen molar-refractivity contribution in [2.45, 2.75) is 32.2 Å². The summed E-state index contributed by atoms with van der Waals surface area (Å²) in [5.74, 6) is 0.348. The average Bonchev–Trinajstić information content (AvgIpc) is 3.23. The Labute approximate surface area is 201 Å². The summed E-state index contributed by atoms with van der Waals surface area (Å²) in [4.78, 5) is 44.9. The van der Waals surface area contributed by atoms with E-state index in [1.54, 1.807) is 12.0 Å². The molecule has 2 atom stereocenters. The molecule has 2 aromatic rings. The van der Waals surface area contributed by atoms with Gasteiger partial charge in [-0.3, -0.25) is 14.4 Å². The van der Waals surface area contributed by atoms with Crippen LogP contribution in [0.2, 0.25) is 0 Å². The number of benzene rings is 2. The summed E-state index contributed by atoms with van der Waals surface area (Å²) in [6.45, 7) is 4.69. The van der Waals surface area contributed by atoms with Crippen molar-refractivity contribution in [3.05, 3.63) is 65.7 Å². The van der Waals surface area contributed by atoms with Crippen molar-refractivity contribution in [2.24, 2.45) is 5.92 Å². The maximum Gasteiger partial charge on any atom is 0.253 e. The molecule has 34 heavy (non-hydrogen) atoms. The summed E-state index contributed by atoms with van der Waals surface area (Å²) in [7, 11) is 1.62. The van der Waals surface area contributed by atoms with Crippen molar-refractivity contribution >= 4 is 17.7 Å². The number of methoxy groups -OCH3 is 1. The molecule has 2 aliphatic rings. The molecule has 0 aromatic heterocycles. The van der Waals surface area contributed by atoms with E-state index in [9.17, 15) is 14.4 Å². The lowest BCUT2D eigenvalue weighted by Crippen LogP contribution is -2.52. The van der Waals surface area contributed by atoms with Crippen LogP contribution in [0.15, 0.2) is 54.6 Å². The lowest BCUT2D eigenvalue weighted by atomic mass is 9.91. The Bertz CT molecular complexity index is 1000. The quantitative estimate of drug-likeness (QED) is 0.631. The first-order valence-corrected chi connectivity index (χ1v) is 12.1. The van der Waals surface area contributed by atoms with Crippen LogP contribution >= 0.6 is 0 Å². The highest BCUT2D eigenvalue weighted by Crippen LogP contribution is 2.40. The van der Waals surface area contributed by atoms with E-state index in [0.717, 1.165) is 24.2 Å². The molecule has 2 saturated heterocycles. The van der Waals surface area contributed by atoms with Gasteiger partial charge in [0.05, 0.1) is 19.1 Å². The molecule has 3 amide bonds. The summed E-state index contributed by atoms with van der Waals surface area (Å²) in [6, 6.07) is 16.6. The van der Waals surface area contributed by atoms with Gasteiger partial charge in [0.1, 0.15) is 5.75 Å². The van der Waals surface area contributed by atoms with Gasteiger partial charge < -0.3 is 19.4 Å². The van der Waals surface area contributed by atoms with Crippen LogP contribution in [0, 0.1) is 5.92 Å². The predicted molar refractivity (Wildman–Crippen MR) is 129 cm³/mol. The Morgan fingerprint density at radius 2 is 1.59 bits per heavy atom. The molecule has 7 nitrogen and oxygen atoms in total. The van der Waals surface area contributed by atoms with Crippen LogP contribution in [0.1, 0.15) is 48.1 Å². The van der Waals surface area contributed by atoms with Crippen molar-refractivity contribution in [3.8, 4) is 5.75 Å². The maximum atomic E-state index is 13.6. The van der Waals surface area contributed by atoms with Gasteiger partial charge in [0.25, 0.3) is 5.91 Å². The van der Waals surface area contributed by atoms with Gasteiger partial charge in [-0.15, -0.1) is 0 Å². The van der Waals surface area contributed by atoms with Gasteiger partial charge in [-0.2, -0.15) is 0 Å². The number of piperazine rings is 1. The maximum absolute atomic E-state index is 13.6. The zero-order valence-corrected chi connectivity index (χ0v) is 20.0. The summed E-state index contributed by atoms with van der Waals surface area (Å²) in [5, 5.41) is 0. The zero-order chi connectivity index (χ0) is 24.1. The third-order valence-corrected chi connectivity index (χ3v) is 6.86. The van der Waals surface area contributed by atoms with Crippen LogP contribution in [0.4, 0.5) is 0 Å². The fraction of sp³-hybridized carbons (Fsp3) is 0.444. The topological polar surface area (TPSA) is 70.2 Å². The lowest BCUT2D eigenvalue weighted by Gasteiger charge is -2.37. The van der Waals surface area contributed by atoms with E-state index < -0.39 is 5.92 Å². The molecule has 2 fully saturated rings. The minimum atomic E-state index is -0.422. The highest BCUT2D eigenvalue weighted by atomic mass is 16.5. The molecule has 2 heterocycles. The fourth-order valence-electron chi connectivity index (χ4n) is 4.95. The predicted octanol–water partition coefficient (Wildman–Crippen LogP) is 3.37. The Hall–Kier alpha value is -3.35. The molecular weight excluding hydrogens is 430 g/mol. The first-order valence-electron chi connectivity index (χ1n) is 12.1. The summed E-state index contributed by atoms with van der Waals surface area (Å²) in [6.07, 6.45) is 2.11. The van der Waals surface area contributed by atoms with E-state index in [1.807, 2.05) is 64.4 Å². The molecule has 2 unspecified atom stereocenters. The highest BCUT2D eigenvalue weighted by Gasteiger charge is 2.46. The largest absolute Gasteiger partial charge is 0.497 e. The minimum Gasteiger partial charge on any atom is -0.497 e. The zero-order valence-electron chi connectivity index (χ0n) is 20.0. The lowest BCUT2D eigenvalue weighted by molar-refractivity contribution is -0.138. The van der Waals surface area contributed by atoms with Crippen LogP contribution in [0.25, 0.3) is 0 Å². The van der Waals surface area contributed by atoms with Gasteiger partial charge in [0.2, 0.25) is 11.8 Å². The Morgan fingerprint density at radius 1 is 0.941 bits per heavy atom. The average molecular weight is 464 g/mol. The fourth-order valence-corrected chi connectivity index (χ4v) is 4.95. The van der Waals surface area contributed by atoms with Crippen molar-refractivity contribution in [3.63, 3.8) is 0 Å². The number of amides is 3. The summed E-state index contributed by atoms with van der Waals surface area (Å²) >= 11 is 0. The third-order valence-electron chi connectivity index (χ3n) is 6.86. The number of likely N-dealkylation sites (tertiary alicyclic amines) is 1. The Kier molecular flexibility index (Phi) is 7.50. The molecule has 0 bridgehead atoms. The molecule has 2 aromatic carbocycles. The van der Waals surface area contributed by atoms with E-state index in [-0.39, 0.29) is 30.2 Å². The van der Waals surface area contributed by atoms with Crippen molar-refractivity contribution in [1.82, 2.24) is 14.7 Å². The van der Waals surface area contributed by atoms with E-state index in [0.29, 0.717) is 38.3 Å². The van der Waals surface area contributed by atoms with Crippen molar-refractivity contribution < 1.29 is 19.1 Å². The smallest absolute Gasteiger partial charge is 0.253 e. The summed E-state index contributed by atoms with van der Waals surface area (Å²) < 4.78 is 5.29. The van der Waals surface area contributed by atoms with Gasteiger partial charge in [0.15, 0.2) is 0 Å². The number of unbranched alkanes of at least 4 members (excludes halogenated alkanes) is 1. The van der Waals surface area contributed by atoms with Gasteiger partial charge >= 0.3 is 0 Å². The second-order valence-electron chi connectivity index (χ2n) is 8.95. The third kappa shape index (κ3) is 4.93. The Morgan fingerprint density at radius 3 is 2.21 bits per heavy atom. The van der Waals surface area contributed by atoms with Crippen LogP contribution < -0.4 is 4.74 Å². The van der Waals surface area contributed by atoms with Crippen molar-refractivity contribution in [1.29, 1.82) is 0 Å². The molecule has 0 radical (unpaired) electrons. The Balaban J connectivity index is 1.48. The number of hydrogen-bond donors (Lipinski definition) is 0. The molecular formula is C27H33N3O4. The minimum absolute atomic E-state index is 0.0000217. The monoisotopic (exact) mass is 463 g/mol. The van der Waals surface area contributed by atoms with Crippen molar-refractivity contribution in [2.75, 3.05) is 39.8 Å². The van der Waals surface area contributed by atoms with Crippen LogP contribution in [-0.4, -0.2) is 72.3 Å². The van der Waals surface area contributed by atoms with Crippen LogP contribution in [0.3, 0.4) is 0 Å². The van der Waals surface area contributed by atoms with E-state index in [1.165, 1.54) is 0 Å². The molecule has 0 N–H and O–H groups in total. The second kappa shape index (κ2) is 10.7. The molecule has 0 spiro atoms. The number of ether oxygens (including phenoxy) is 1. The standard InChI is InChI=1S/C27H33N3O4/c1-3-4-14-30-24(31)19-23(25(30)20-10-12-22(34-2)13-11-20)27(33)29-17-15-28(16-18-29)26(32)21-8-6-5-7-9-21/h5-13,23,25H,3-4,14-19H2,1-2H3. The number of carbonyl (C=O) groups is 3. The number of hydrogen-bond acceptors (Lipinski definition) is 4. The normalized spacial score (nSPS) is 20.5. The molecule has 2 aliphatic heterocycles. The first-order chi connectivity index (χ1) is 16.5. The van der Waals surface area contributed by atoms with E-state index >= 15 is 0 Å². The van der Waals surface area contributed by atoms with Gasteiger partial charge in [-0.05, 0) is 36.2 Å². The van der Waals surface area contributed by atoms with Crippen LogP contribution in [-0.2, 0) is 9.59 Å².